The molecule has 1 saturated heterocycles. The smallest absolute Gasteiger partial charge is 0.166 e. The van der Waals surface area contributed by atoms with Gasteiger partial charge in [0.2, 0.25) is 0 Å². The van der Waals surface area contributed by atoms with Crippen LogP contribution in [0.4, 0.5) is 0 Å². The highest BCUT2D eigenvalue weighted by Crippen LogP contribution is 2.34. The molecule has 0 spiro atoms. The van der Waals surface area contributed by atoms with Crippen molar-refractivity contribution in [3.05, 3.63) is 23.8 Å². The van der Waals surface area contributed by atoms with Gasteiger partial charge in [-0.05, 0) is 25.0 Å². The molecule has 0 amide bonds. The molecule has 0 aromatic heterocycles. The van der Waals surface area contributed by atoms with E-state index in [0.717, 1.165) is 30.9 Å². The SMILES string of the molecule is COc1cccc2c1OCC(NCCC1(C)OCCO1)C2. The van der Waals surface area contributed by atoms with Gasteiger partial charge in [-0.15, -0.1) is 0 Å². The van der Waals surface area contributed by atoms with Gasteiger partial charge < -0.3 is 24.3 Å². The van der Waals surface area contributed by atoms with Crippen molar-refractivity contribution in [3.8, 4) is 11.5 Å². The highest BCUT2D eigenvalue weighted by molar-refractivity contribution is 5.48. The minimum absolute atomic E-state index is 0.314. The summed E-state index contributed by atoms with van der Waals surface area (Å²) in [5.74, 6) is 1.27. The molecule has 5 heteroatoms. The Morgan fingerprint density at radius 2 is 2.14 bits per heavy atom. The van der Waals surface area contributed by atoms with E-state index in [9.17, 15) is 0 Å². The maximum Gasteiger partial charge on any atom is 0.166 e. The summed E-state index contributed by atoms with van der Waals surface area (Å²) in [4.78, 5) is 0. The topological polar surface area (TPSA) is 49.0 Å². The van der Waals surface area contributed by atoms with Gasteiger partial charge in [-0.25, -0.2) is 0 Å². The zero-order chi connectivity index (χ0) is 14.7. The van der Waals surface area contributed by atoms with Gasteiger partial charge in [0, 0.05) is 19.0 Å². The van der Waals surface area contributed by atoms with Gasteiger partial charge >= 0.3 is 0 Å². The Balaban J connectivity index is 1.52. The standard InChI is InChI=1S/C16H23NO4/c1-16(20-8-9-21-16)6-7-17-13-10-12-4-3-5-14(18-2)15(12)19-11-13/h3-5,13,17H,6-11H2,1-2H3. The lowest BCUT2D eigenvalue weighted by molar-refractivity contribution is -0.145. The lowest BCUT2D eigenvalue weighted by Crippen LogP contribution is -2.42. The second-order valence-electron chi connectivity index (χ2n) is 5.70. The van der Waals surface area contributed by atoms with E-state index in [2.05, 4.69) is 11.4 Å². The number of hydrogen-bond acceptors (Lipinski definition) is 5. The van der Waals surface area contributed by atoms with Crippen LogP contribution in [-0.2, 0) is 15.9 Å². The average molecular weight is 293 g/mol. The Hall–Kier alpha value is -1.30. The van der Waals surface area contributed by atoms with Gasteiger partial charge in [-0.2, -0.15) is 0 Å². The Kier molecular flexibility index (Phi) is 4.33. The Morgan fingerprint density at radius 1 is 1.33 bits per heavy atom. The lowest BCUT2D eigenvalue weighted by atomic mass is 10.0. The molecular weight excluding hydrogens is 270 g/mol. The molecule has 1 aromatic carbocycles. The summed E-state index contributed by atoms with van der Waals surface area (Å²) in [6.07, 6.45) is 1.79. The molecule has 2 aliphatic rings. The first-order valence-electron chi connectivity index (χ1n) is 7.50. The molecule has 0 saturated carbocycles. The maximum absolute atomic E-state index is 5.86. The predicted molar refractivity (Wildman–Crippen MR) is 78.9 cm³/mol. The molecule has 0 radical (unpaired) electrons. The van der Waals surface area contributed by atoms with Crippen molar-refractivity contribution >= 4 is 0 Å². The molecule has 3 rings (SSSR count). The van der Waals surface area contributed by atoms with Crippen LogP contribution in [0.3, 0.4) is 0 Å². The quantitative estimate of drug-likeness (QED) is 0.896. The van der Waals surface area contributed by atoms with Gasteiger partial charge in [-0.3, -0.25) is 0 Å². The molecule has 1 fully saturated rings. The van der Waals surface area contributed by atoms with Gasteiger partial charge in [0.1, 0.15) is 6.61 Å². The minimum Gasteiger partial charge on any atom is -0.493 e. The van der Waals surface area contributed by atoms with Crippen LogP contribution in [0.25, 0.3) is 0 Å². The molecule has 116 valence electrons. The number of methoxy groups -OCH3 is 1. The summed E-state index contributed by atoms with van der Waals surface area (Å²) < 4.78 is 22.4. The molecule has 5 nitrogen and oxygen atoms in total. The van der Waals surface area contributed by atoms with Gasteiger partial charge in [0.25, 0.3) is 0 Å². The van der Waals surface area contributed by atoms with E-state index in [1.165, 1.54) is 5.56 Å². The van der Waals surface area contributed by atoms with E-state index in [1.54, 1.807) is 7.11 Å². The third-order valence-corrected chi connectivity index (χ3v) is 4.09. The first kappa shape index (κ1) is 14.6. The van der Waals surface area contributed by atoms with Crippen LogP contribution < -0.4 is 14.8 Å². The fraction of sp³-hybridized carbons (Fsp3) is 0.625. The Bertz CT molecular complexity index is 485. The molecule has 1 N–H and O–H groups in total. The highest BCUT2D eigenvalue weighted by atomic mass is 16.7. The van der Waals surface area contributed by atoms with Crippen molar-refractivity contribution in [3.63, 3.8) is 0 Å². The second-order valence-corrected chi connectivity index (χ2v) is 5.70. The van der Waals surface area contributed by atoms with E-state index < -0.39 is 5.79 Å². The van der Waals surface area contributed by atoms with Crippen molar-refractivity contribution in [2.75, 3.05) is 33.5 Å². The fourth-order valence-electron chi connectivity index (χ4n) is 2.89. The molecule has 21 heavy (non-hydrogen) atoms. The summed E-state index contributed by atoms with van der Waals surface area (Å²) >= 11 is 0. The number of benzene rings is 1. The van der Waals surface area contributed by atoms with E-state index in [4.69, 9.17) is 18.9 Å². The Morgan fingerprint density at radius 3 is 2.90 bits per heavy atom. The summed E-state index contributed by atoms with van der Waals surface area (Å²) in [5.41, 5.74) is 1.19. The molecule has 2 aliphatic heterocycles. The van der Waals surface area contributed by atoms with Gasteiger partial charge in [0.15, 0.2) is 17.3 Å². The van der Waals surface area contributed by atoms with E-state index in [-0.39, 0.29) is 0 Å². The molecule has 0 bridgehead atoms. The van der Waals surface area contributed by atoms with Crippen LogP contribution in [0.1, 0.15) is 18.9 Å². The predicted octanol–water partition coefficient (Wildman–Crippen LogP) is 1.74. The third kappa shape index (κ3) is 3.31. The monoisotopic (exact) mass is 293 g/mol. The number of fused-ring (bicyclic) bond motifs is 1. The van der Waals surface area contributed by atoms with Crippen molar-refractivity contribution < 1.29 is 18.9 Å². The molecule has 1 atom stereocenters. The lowest BCUT2D eigenvalue weighted by Gasteiger charge is -2.29. The summed E-state index contributed by atoms with van der Waals surface area (Å²) in [6, 6.07) is 6.35. The van der Waals surface area contributed by atoms with Crippen LogP contribution >= 0.6 is 0 Å². The first-order valence-corrected chi connectivity index (χ1v) is 7.50. The number of ether oxygens (including phenoxy) is 4. The fourth-order valence-corrected chi connectivity index (χ4v) is 2.89. The Labute approximate surface area is 125 Å². The van der Waals surface area contributed by atoms with Crippen molar-refractivity contribution in [1.82, 2.24) is 5.32 Å². The zero-order valence-corrected chi connectivity index (χ0v) is 12.7. The van der Waals surface area contributed by atoms with E-state index in [0.29, 0.717) is 25.9 Å². The van der Waals surface area contributed by atoms with Crippen LogP contribution in [0.2, 0.25) is 0 Å². The van der Waals surface area contributed by atoms with Crippen molar-refractivity contribution in [2.24, 2.45) is 0 Å². The summed E-state index contributed by atoms with van der Waals surface area (Å²) in [5, 5.41) is 3.53. The molecule has 1 aromatic rings. The van der Waals surface area contributed by atoms with Crippen LogP contribution in [0.5, 0.6) is 11.5 Å². The van der Waals surface area contributed by atoms with Crippen LogP contribution in [-0.4, -0.2) is 45.3 Å². The molecular formula is C16H23NO4. The zero-order valence-electron chi connectivity index (χ0n) is 12.7. The number of rotatable bonds is 5. The average Bonchev–Trinajstić information content (AvgIpc) is 2.93. The van der Waals surface area contributed by atoms with Gasteiger partial charge in [0.05, 0.1) is 20.3 Å². The van der Waals surface area contributed by atoms with Crippen LogP contribution in [0, 0.1) is 0 Å². The molecule has 0 aliphatic carbocycles. The van der Waals surface area contributed by atoms with Crippen molar-refractivity contribution in [2.45, 2.75) is 31.6 Å². The summed E-state index contributed by atoms with van der Waals surface area (Å²) in [7, 11) is 1.67. The van der Waals surface area contributed by atoms with E-state index in [1.807, 2.05) is 19.1 Å². The molecule has 2 heterocycles. The number of para-hydroxylation sites is 1. The van der Waals surface area contributed by atoms with Gasteiger partial charge in [-0.1, -0.05) is 12.1 Å². The van der Waals surface area contributed by atoms with Crippen LogP contribution in [0.15, 0.2) is 18.2 Å². The molecule has 1 unspecified atom stereocenters. The number of hydrogen-bond donors (Lipinski definition) is 1. The minimum atomic E-state index is -0.427. The normalized spacial score (nSPS) is 23.4. The van der Waals surface area contributed by atoms with E-state index >= 15 is 0 Å². The largest absolute Gasteiger partial charge is 0.493 e. The van der Waals surface area contributed by atoms with Crippen molar-refractivity contribution in [1.29, 1.82) is 0 Å². The first-order chi connectivity index (χ1) is 10.2. The maximum atomic E-state index is 5.86. The number of nitrogens with one attached hydrogen (secondary N) is 1. The highest BCUT2D eigenvalue weighted by Gasteiger charge is 2.31. The summed E-state index contributed by atoms with van der Waals surface area (Å²) in [6.45, 7) is 4.89. The second kappa shape index (κ2) is 6.22. The third-order valence-electron chi connectivity index (χ3n) is 4.09.